The van der Waals surface area contributed by atoms with Crippen LogP contribution in [-0.4, -0.2) is 61.8 Å². The second-order valence-electron chi connectivity index (χ2n) is 5.95. The molecule has 0 aromatic carbocycles. The molecule has 1 aromatic heterocycles. The van der Waals surface area contributed by atoms with Gasteiger partial charge in [0.1, 0.15) is 16.1 Å². The second-order valence-corrected chi connectivity index (χ2v) is 9.30. The number of hydrogen-bond acceptors (Lipinski definition) is 9. The van der Waals surface area contributed by atoms with Gasteiger partial charge in [-0.25, -0.2) is 4.79 Å². The van der Waals surface area contributed by atoms with E-state index in [-0.39, 0.29) is 5.70 Å². The predicted octanol–water partition coefficient (Wildman–Crippen LogP) is 1.53. The van der Waals surface area contributed by atoms with Crippen LogP contribution in [0.1, 0.15) is 24.8 Å². The van der Waals surface area contributed by atoms with Crippen LogP contribution in [0.5, 0.6) is 0 Å². The molecule has 2 aliphatic heterocycles. The molecule has 0 radical (unpaired) electrons. The van der Waals surface area contributed by atoms with Gasteiger partial charge in [-0.2, -0.15) is 0 Å². The average Bonchev–Trinajstić information content (AvgIpc) is 3.10. The van der Waals surface area contributed by atoms with Crippen LogP contribution >= 0.6 is 34.9 Å². The molecule has 0 saturated carbocycles. The number of aryl methyl sites for hydroxylation is 1. The number of carboxylic acid groups (broad SMARTS) is 1. The van der Waals surface area contributed by atoms with Gasteiger partial charge in [-0.15, -0.1) is 22.0 Å². The minimum atomic E-state index is -1.45. The summed E-state index contributed by atoms with van der Waals surface area (Å²) in [5, 5.41) is 18.4. The number of amides is 1. The summed E-state index contributed by atoms with van der Waals surface area (Å²) in [5.74, 6) is -0.724. The lowest BCUT2D eigenvalue weighted by Gasteiger charge is -2.54. The molecular formula is C15H20N4O4S3. The third-order valence-electron chi connectivity index (χ3n) is 4.25. The summed E-state index contributed by atoms with van der Waals surface area (Å²) in [4.78, 5) is 25.3. The van der Waals surface area contributed by atoms with E-state index in [1.807, 2.05) is 0 Å². The van der Waals surface area contributed by atoms with Crippen LogP contribution in [0.15, 0.2) is 15.6 Å². The highest BCUT2D eigenvalue weighted by molar-refractivity contribution is 8.01. The number of nitrogens with zero attached hydrogens (tertiary/aromatic N) is 3. The van der Waals surface area contributed by atoms with E-state index in [1.54, 1.807) is 0 Å². The first-order valence-corrected chi connectivity index (χ1v) is 11.0. The minimum absolute atomic E-state index is 0.0140. The van der Waals surface area contributed by atoms with Crippen LogP contribution in [0.25, 0.3) is 0 Å². The molecule has 26 heavy (non-hydrogen) atoms. The number of unbranched alkanes of at least 4 members (excludes halogenated alkanes) is 1. The first-order chi connectivity index (χ1) is 12.4. The van der Waals surface area contributed by atoms with E-state index >= 15 is 0 Å². The van der Waals surface area contributed by atoms with Gasteiger partial charge in [-0.3, -0.25) is 15.4 Å². The molecule has 3 heterocycles. The van der Waals surface area contributed by atoms with Crippen LogP contribution in [0.3, 0.4) is 0 Å². The zero-order valence-electron chi connectivity index (χ0n) is 14.4. The summed E-state index contributed by atoms with van der Waals surface area (Å²) in [6, 6.07) is 0. The van der Waals surface area contributed by atoms with Crippen molar-refractivity contribution >= 4 is 46.7 Å². The number of thioether (sulfide) groups is 2. The third kappa shape index (κ3) is 3.38. The molecule has 0 unspecified atom stereocenters. The number of hydrogen-bond donors (Lipinski definition) is 2. The number of carbonyl (C=O) groups is 2. The Balaban J connectivity index is 1.73. The van der Waals surface area contributed by atoms with Crippen LogP contribution in [-0.2, 0) is 20.7 Å². The number of aliphatic carboxylic acids is 1. The zero-order chi connectivity index (χ0) is 18.9. The van der Waals surface area contributed by atoms with Gasteiger partial charge in [0.05, 0.1) is 0 Å². The maximum absolute atomic E-state index is 12.3. The van der Waals surface area contributed by atoms with Crippen molar-refractivity contribution in [1.29, 1.82) is 0 Å². The van der Waals surface area contributed by atoms with Crippen molar-refractivity contribution in [2.24, 2.45) is 5.73 Å². The molecule has 0 aliphatic carbocycles. The predicted molar refractivity (Wildman–Crippen MR) is 101 cm³/mol. The van der Waals surface area contributed by atoms with Gasteiger partial charge < -0.3 is 9.84 Å². The van der Waals surface area contributed by atoms with Crippen molar-refractivity contribution in [1.82, 2.24) is 15.1 Å². The first-order valence-electron chi connectivity index (χ1n) is 8.12. The van der Waals surface area contributed by atoms with Crippen molar-refractivity contribution in [3.05, 3.63) is 16.3 Å². The Hall–Kier alpha value is -1.14. The molecule has 1 aromatic rings. The van der Waals surface area contributed by atoms with E-state index in [2.05, 4.69) is 17.1 Å². The minimum Gasteiger partial charge on any atom is -0.477 e. The second kappa shape index (κ2) is 7.85. The molecule has 1 saturated heterocycles. The highest BCUT2D eigenvalue weighted by Crippen LogP contribution is 2.46. The Morgan fingerprint density at radius 1 is 1.54 bits per heavy atom. The zero-order valence-corrected chi connectivity index (χ0v) is 16.9. The molecule has 3 rings (SSSR count). The first kappa shape index (κ1) is 19.6. The molecule has 2 atom stereocenters. The molecular weight excluding hydrogens is 396 g/mol. The summed E-state index contributed by atoms with van der Waals surface area (Å²) < 4.78 is 5.92. The quantitative estimate of drug-likeness (QED) is 0.369. The number of nitrogens with two attached hydrogens (primary N) is 1. The van der Waals surface area contributed by atoms with Gasteiger partial charge in [-0.05, 0) is 12.0 Å². The molecule has 1 amide bonds. The molecule has 8 nitrogen and oxygen atoms in total. The number of rotatable bonds is 8. The number of aromatic nitrogens is 2. The molecule has 0 spiro atoms. The van der Waals surface area contributed by atoms with Crippen molar-refractivity contribution in [2.45, 2.75) is 41.6 Å². The van der Waals surface area contributed by atoms with E-state index in [0.717, 1.165) is 28.6 Å². The van der Waals surface area contributed by atoms with E-state index < -0.39 is 23.0 Å². The smallest absolute Gasteiger partial charge is 0.352 e. The maximum atomic E-state index is 12.3. The SMILES string of the molecule is CCCCc1nnc(SCC2=C(C(=O)O)N3C(=O)[C@](N)(OC)[C@H]3SC2)s1. The summed E-state index contributed by atoms with van der Waals surface area (Å²) in [5.41, 5.74) is 5.19. The number of carbonyl (C=O) groups excluding carboxylic acids is 1. The number of ether oxygens (including phenoxy) is 1. The van der Waals surface area contributed by atoms with Crippen molar-refractivity contribution in [2.75, 3.05) is 18.6 Å². The summed E-state index contributed by atoms with van der Waals surface area (Å²) in [6.45, 7) is 2.13. The molecule has 2 aliphatic rings. The fourth-order valence-corrected chi connectivity index (χ4v) is 6.26. The fourth-order valence-electron chi connectivity index (χ4n) is 2.79. The number of fused-ring (bicyclic) bond motifs is 1. The lowest BCUT2D eigenvalue weighted by Crippen LogP contribution is -2.78. The normalized spacial score (nSPS) is 25.3. The van der Waals surface area contributed by atoms with E-state index in [4.69, 9.17) is 10.5 Å². The van der Waals surface area contributed by atoms with Gasteiger partial charge in [0.15, 0.2) is 4.34 Å². The molecule has 0 bridgehead atoms. The lowest BCUT2D eigenvalue weighted by atomic mass is 10.00. The van der Waals surface area contributed by atoms with Crippen LogP contribution < -0.4 is 5.73 Å². The van der Waals surface area contributed by atoms with Crippen LogP contribution in [0.2, 0.25) is 0 Å². The highest BCUT2D eigenvalue weighted by atomic mass is 32.2. The molecule has 11 heteroatoms. The molecule has 1 fully saturated rings. The van der Waals surface area contributed by atoms with Gasteiger partial charge in [0.25, 0.3) is 5.91 Å². The van der Waals surface area contributed by atoms with E-state index in [9.17, 15) is 14.7 Å². The summed E-state index contributed by atoms with van der Waals surface area (Å²) in [7, 11) is 1.36. The largest absolute Gasteiger partial charge is 0.477 e. The van der Waals surface area contributed by atoms with E-state index in [0.29, 0.717) is 17.1 Å². The monoisotopic (exact) mass is 416 g/mol. The molecule has 3 N–H and O–H groups in total. The average molecular weight is 417 g/mol. The van der Waals surface area contributed by atoms with Crippen molar-refractivity contribution in [3.8, 4) is 0 Å². The number of methoxy groups -OCH3 is 1. The van der Waals surface area contributed by atoms with Crippen molar-refractivity contribution in [3.63, 3.8) is 0 Å². The highest BCUT2D eigenvalue weighted by Gasteiger charge is 2.63. The Bertz CT molecular complexity index is 753. The Labute approximate surface area is 163 Å². The van der Waals surface area contributed by atoms with E-state index in [1.165, 1.54) is 46.9 Å². The van der Waals surface area contributed by atoms with Crippen LogP contribution in [0, 0.1) is 0 Å². The van der Waals surface area contributed by atoms with Crippen molar-refractivity contribution < 1.29 is 19.4 Å². The van der Waals surface area contributed by atoms with Crippen LogP contribution in [0.4, 0.5) is 0 Å². The van der Waals surface area contributed by atoms with Gasteiger partial charge in [-0.1, -0.05) is 36.4 Å². The lowest BCUT2D eigenvalue weighted by molar-refractivity contribution is -0.182. The van der Waals surface area contributed by atoms with Gasteiger partial charge >= 0.3 is 5.97 Å². The topological polar surface area (TPSA) is 119 Å². The third-order valence-corrected chi connectivity index (χ3v) is 7.84. The summed E-state index contributed by atoms with van der Waals surface area (Å²) in [6.07, 6.45) is 3.08. The number of β-lactam (4-membered cyclic amide) rings is 1. The van der Waals surface area contributed by atoms with Gasteiger partial charge in [0, 0.05) is 25.0 Å². The Morgan fingerprint density at radius 2 is 2.31 bits per heavy atom. The maximum Gasteiger partial charge on any atom is 0.352 e. The fraction of sp³-hybridized carbons (Fsp3) is 0.600. The van der Waals surface area contributed by atoms with Gasteiger partial charge in [0.2, 0.25) is 5.72 Å². The Morgan fingerprint density at radius 3 is 2.96 bits per heavy atom. The summed E-state index contributed by atoms with van der Waals surface area (Å²) >= 11 is 4.40. The molecule has 142 valence electrons. The number of carboxylic acids is 1. The Kier molecular flexibility index (Phi) is 5.92. The standard InChI is InChI=1S/C15H20N4O4S3/c1-3-4-5-9-17-18-14(26-9)25-7-8-6-24-13-15(16,23-2)12(22)19(13)10(8)11(20)21/h13H,3-7,16H2,1-2H3,(H,20,21)/t13-,15+/m1/s1.